The molecule has 0 N–H and O–H groups in total. The van der Waals surface area contributed by atoms with Gasteiger partial charge in [0.25, 0.3) is 0 Å². The molecule has 0 aromatic rings. The van der Waals surface area contributed by atoms with E-state index in [0.29, 0.717) is 19.3 Å². The highest BCUT2D eigenvalue weighted by molar-refractivity contribution is 5.71. The first-order valence-electron chi connectivity index (χ1n) is 34.3. The Morgan fingerprint density at radius 3 is 0.724 bits per heavy atom. The maximum absolute atomic E-state index is 12.8. The molecule has 0 aliphatic rings. The van der Waals surface area contributed by atoms with E-state index in [4.69, 9.17) is 14.2 Å². The maximum atomic E-state index is 12.8. The summed E-state index contributed by atoms with van der Waals surface area (Å²) in [5.41, 5.74) is 0. The quantitative estimate of drug-likeness (QED) is 0.0261. The van der Waals surface area contributed by atoms with Crippen molar-refractivity contribution in [2.24, 2.45) is 0 Å². The summed E-state index contributed by atoms with van der Waals surface area (Å²) >= 11 is 0. The first-order chi connectivity index (χ1) is 37.5. The monoisotopic (exact) mass is 1070 g/mol. The summed E-state index contributed by atoms with van der Waals surface area (Å²) in [5.74, 6) is -0.853. The first kappa shape index (κ1) is 73.9. The summed E-state index contributed by atoms with van der Waals surface area (Å²) in [4.78, 5) is 38.0. The van der Waals surface area contributed by atoms with Gasteiger partial charge in [0.1, 0.15) is 13.2 Å². The molecule has 0 aliphatic carbocycles. The smallest absolute Gasteiger partial charge is 0.306 e. The zero-order chi connectivity index (χ0) is 55.0. The van der Waals surface area contributed by atoms with E-state index in [1.807, 2.05) is 0 Å². The number of unbranched alkanes of at least 4 members (excludes halogenated alkanes) is 49. The Kier molecular flexibility index (Phi) is 63.6. The standard InChI is InChI=1S/C70H132O6/c1-4-7-10-13-15-17-19-21-23-25-27-29-31-33-35-37-38-40-42-44-46-48-50-52-54-57-60-63-69(72)75-66-67(65-74-68(71)62-59-56-12-9-6-3)76-70(73)64-61-58-55-53-51-49-47-45-43-41-39-36-34-32-30-28-26-24-22-20-18-16-14-11-8-5-2/h19,21,25,27,67H,4-18,20,22-24,26,28-66H2,1-3H3/b21-19-,27-25-. The molecule has 0 spiro atoms. The lowest BCUT2D eigenvalue weighted by Crippen LogP contribution is -2.30. The lowest BCUT2D eigenvalue weighted by molar-refractivity contribution is -0.167. The van der Waals surface area contributed by atoms with Crippen molar-refractivity contribution >= 4 is 17.9 Å². The van der Waals surface area contributed by atoms with Crippen LogP contribution in [0, 0.1) is 0 Å². The number of rotatable bonds is 64. The molecule has 0 saturated heterocycles. The average molecular weight is 1070 g/mol. The molecule has 0 rings (SSSR count). The molecule has 0 amide bonds. The Bertz CT molecular complexity index is 1230. The molecule has 0 heterocycles. The largest absolute Gasteiger partial charge is 0.462 e. The van der Waals surface area contributed by atoms with E-state index < -0.39 is 6.10 Å². The van der Waals surface area contributed by atoms with Crippen molar-refractivity contribution in [2.45, 2.75) is 393 Å². The number of esters is 3. The summed E-state index contributed by atoms with van der Waals surface area (Å²) in [7, 11) is 0. The van der Waals surface area contributed by atoms with E-state index in [9.17, 15) is 14.4 Å². The summed E-state index contributed by atoms with van der Waals surface area (Å²) in [6, 6.07) is 0. The Hall–Kier alpha value is -2.11. The van der Waals surface area contributed by atoms with E-state index >= 15 is 0 Å². The minimum Gasteiger partial charge on any atom is -0.462 e. The van der Waals surface area contributed by atoms with Crippen LogP contribution in [-0.4, -0.2) is 37.2 Å². The third-order valence-electron chi connectivity index (χ3n) is 15.7. The van der Waals surface area contributed by atoms with Crippen LogP contribution < -0.4 is 0 Å². The fraction of sp³-hybridized carbons (Fsp3) is 0.900. The molecule has 1 unspecified atom stereocenters. The van der Waals surface area contributed by atoms with Crippen LogP contribution in [0.4, 0.5) is 0 Å². The van der Waals surface area contributed by atoms with Crippen molar-refractivity contribution in [3.8, 4) is 0 Å². The van der Waals surface area contributed by atoms with Gasteiger partial charge in [0, 0.05) is 19.3 Å². The zero-order valence-corrected chi connectivity index (χ0v) is 51.6. The third kappa shape index (κ3) is 62.7. The van der Waals surface area contributed by atoms with E-state index in [1.165, 1.54) is 276 Å². The molecule has 0 aromatic carbocycles. The molecule has 0 radical (unpaired) electrons. The Morgan fingerprint density at radius 1 is 0.263 bits per heavy atom. The number of ether oxygens (including phenoxy) is 3. The lowest BCUT2D eigenvalue weighted by Gasteiger charge is -2.18. The molecule has 0 saturated carbocycles. The van der Waals surface area contributed by atoms with Gasteiger partial charge in [0.05, 0.1) is 0 Å². The minimum atomic E-state index is -0.764. The molecular weight excluding hydrogens is 937 g/mol. The number of carbonyl (C=O) groups is 3. The van der Waals surface area contributed by atoms with Crippen LogP contribution in [0.5, 0.6) is 0 Å². The first-order valence-corrected chi connectivity index (χ1v) is 34.3. The molecule has 6 nitrogen and oxygen atoms in total. The summed E-state index contributed by atoms with van der Waals surface area (Å²) < 4.78 is 16.8. The normalized spacial score (nSPS) is 12.1. The van der Waals surface area contributed by atoms with E-state index in [2.05, 4.69) is 45.1 Å². The summed E-state index contributed by atoms with van der Waals surface area (Å²) in [6.45, 7) is 6.62. The molecule has 76 heavy (non-hydrogen) atoms. The molecule has 0 fully saturated rings. The molecule has 1 atom stereocenters. The van der Waals surface area contributed by atoms with Gasteiger partial charge >= 0.3 is 17.9 Å². The van der Waals surface area contributed by atoms with Crippen LogP contribution in [-0.2, 0) is 28.6 Å². The second-order valence-corrected chi connectivity index (χ2v) is 23.5. The summed E-state index contributed by atoms with van der Waals surface area (Å²) in [5, 5.41) is 0. The van der Waals surface area contributed by atoms with Crippen molar-refractivity contribution in [3.05, 3.63) is 24.3 Å². The lowest BCUT2D eigenvalue weighted by atomic mass is 10.0. The van der Waals surface area contributed by atoms with E-state index in [-0.39, 0.29) is 31.1 Å². The van der Waals surface area contributed by atoms with Crippen LogP contribution in [0.25, 0.3) is 0 Å². The number of hydrogen-bond donors (Lipinski definition) is 0. The Morgan fingerprint density at radius 2 is 0.474 bits per heavy atom. The van der Waals surface area contributed by atoms with Crippen LogP contribution in [0.15, 0.2) is 24.3 Å². The number of hydrogen-bond acceptors (Lipinski definition) is 6. The molecule has 0 aromatic heterocycles. The SMILES string of the molecule is CCCCCCC/C=C\C/C=C\CCCCCCCCCCCCCCCCCC(=O)OCC(COC(=O)CCCCCCC)OC(=O)CCCCCCCCCCCCCCCCCCCCCCCCCCCC. The predicted octanol–water partition coefficient (Wildman–Crippen LogP) is 23.4. The van der Waals surface area contributed by atoms with Gasteiger partial charge in [0.15, 0.2) is 6.10 Å². The van der Waals surface area contributed by atoms with Gasteiger partial charge in [-0.3, -0.25) is 14.4 Å². The van der Waals surface area contributed by atoms with E-state index in [0.717, 1.165) is 70.6 Å². The minimum absolute atomic E-state index is 0.0660. The molecule has 448 valence electrons. The third-order valence-corrected chi connectivity index (χ3v) is 15.7. The fourth-order valence-corrected chi connectivity index (χ4v) is 10.5. The van der Waals surface area contributed by atoms with Crippen molar-refractivity contribution in [1.82, 2.24) is 0 Å². The van der Waals surface area contributed by atoms with Gasteiger partial charge in [-0.1, -0.05) is 340 Å². The van der Waals surface area contributed by atoms with Crippen molar-refractivity contribution in [3.63, 3.8) is 0 Å². The second-order valence-electron chi connectivity index (χ2n) is 23.5. The van der Waals surface area contributed by atoms with Crippen molar-refractivity contribution < 1.29 is 28.6 Å². The van der Waals surface area contributed by atoms with Crippen LogP contribution in [0.2, 0.25) is 0 Å². The van der Waals surface area contributed by atoms with Crippen molar-refractivity contribution in [1.29, 1.82) is 0 Å². The van der Waals surface area contributed by atoms with Gasteiger partial charge in [-0.2, -0.15) is 0 Å². The van der Waals surface area contributed by atoms with E-state index in [1.54, 1.807) is 0 Å². The molecule has 0 bridgehead atoms. The number of allylic oxidation sites excluding steroid dienone is 4. The highest BCUT2D eigenvalue weighted by Gasteiger charge is 2.19. The topological polar surface area (TPSA) is 78.9 Å². The van der Waals surface area contributed by atoms with Crippen LogP contribution in [0.3, 0.4) is 0 Å². The highest BCUT2D eigenvalue weighted by Crippen LogP contribution is 2.19. The van der Waals surface area contributed by atoms with Gasteiger partial charge in [-0.05, 0) is 51.4 Å². The van der Waals surface area contributed by atoms with Gasteiger partial charge in [-0.25, -0.2) is 0 Å². The van der Waals surface area contributed by atoms with Crippen molar-refractivity contribution in [2.75, 3.05) is 13.2 Å². The van der Waals surface area contributed by atoms with Gasteiger partial charge < -0.3 is 14.2 Å². The predicted molar refractivity (Wildman–Crippen MR) is 330 cm³/mol. The maximum Gasteiger partial charge on any atom is 0.306 e. The van der Waals surface area contributed by atoms with Gasteiger partial charge in [0.2, 0.25) is 0 Å². The van der Waals surface area contributed by atoms with Gasteiger partial charge in [-0.15, -0.1) is 0 Å². The number of carbonyl (C=O) groups excluding carboxylic acids is 3. The van der Waals surface area contributed by atoms with Crippen LogP contribution >= 0.6 is 0 Å². The second kappa shape index (κ2) is 65.4. The Balaban J connectivity index is 3.94. The average Bonchev–Trinajstić information content (AvgIpc) is 3.42. The summed E-state index contributed by atoms with van der Waals surface area (Å²) in [6.07, 6.45) is 79.8. The zero-order valence-electron chi connectivity index (χ0n) is 51.6. The Labute approximate surface area is 474 Å². The molecular formula is C70H132O6. The molecule has 6 heteroatoms. The highest BCUT2D eigenvalue weighted by atomic mass is 16.6. The molecule has 0 aliphatic heterocycles. The fourth-order valence-electron chi connectivity index (χ4n) is 10.5. The van der Waals surface area contributed by atoms with Crippen LogP contribution in [0.1, 0.15) is 387 Å².